The van der Waals surface area contributed by atoms with Gasteiger partial charge >= 0.3 is 5.69 Å². The quantitative estimate of drug-likeness (QED) is 0.676. The fourth-order valence-corrected chi connectivity index (χ4v) is 3.11. The number of rotatable bonds is 4. The summed E-state index contributed by atoms with van der Waals surface area (Å²) in [5.41, 5.74) is -0.288. The summed E-state index contributed by atoms with van der Waals surface area (Å²) in [5, 5.41) is 14.0. The molecule has 6 heteroatoms. The van der Waals surface area contributed by atoms with Gasteiger partial charge in [-0.1, -0.05) is 31.0 Å². The van der Waals surface area contributed by atoms with E-state index in [0.29, 0.717) is 0 Å². The second kappa shape index (κ2) is 6.89. The number of carbonyl (C=O) groups excluding carboxylic acids is 1. The van der Waals surface area contributed by atoms with Crippen molar-refractivity contribution in [1.29, 1.82) is 0 Å². The van der Waals surface area contributed by atoms with Crippen molar-refractivity contribution >= 4 is 23.2 Å². The van der Waals surface area contributed by atoms with Crippen LogP contribution in [-0.4, -0.2) is 16.9 Å². The minimum absolute atomic E-state index is 0.0117. The van der Waals surface area contributed by atoms with Gasteiger partial charge in [-0.05, 0) is 43.7 Å². The molecule has 2 rings (SSSR count). The summed E-state index contributed by atoms with van der Waals surface area (Å²) in [5.74, 6) is 0.322. The number of hydrogen-bond donors (Lipinski definition) is 1. The molecule has 1 fully saturated rings. The zero-order chi connectivity index (χ0) is 15.4. The lowest BCUT2D eigenvalue weighted by Gasteiger charge is -2.28. The highest BCUT2D eigenvalue weighted by atomic mass is 35.5. The minimum Gasteiger partial charge on any atom is -0.349 e. The van der Waals surface area contributed by atoms with Crippen LogP contribution in [0.1, 0.15) is 49.4 Å². The molecule has 0 bridgehead atoms. The Morgan fingerprint density at radius 2 is 2.05 bits per heavy atom. The van der Waals surface area contributed by atoms with Crippen LogP contribution in [0.2, 0.25) is 5.02 Å². The Hall–Kier alpha value is -1.62. The molecular formula is C15H19ClN2O3. The predicted octanol–water partition coefficient (Wildman–Crippen LogP) is 3.95. The number of carbonyl (C=O) groups is 1. The van der Waals surface area contributed by atoms with Crippen molar-refractivity contribution in [3.63, 3.8) is 0 Å². The molecule has 0 aliphatic heterocycles. The van der Waals surface area contributed by atoms with E-state index in [1.54, 1.807) is 6.07 Å². The number of hydrogen-bond acceptors (Lipinski definition) is 3. The van der Waals surface area contributed by atoms with E-state index >= 15 is 0 Å². The van der Waals surface area contributed by atoms with Crippen LogP contribution < -0.4 is 5.32 Å². The molecule has 1 aromatic carbocycles. The lowest BCUT2D eigenvalue weighted by molar-refractivity contribution is -0.385. The molecule has 0 spiro atoms. The first-order chi connectivity index (χ1) is 10.0. The van der Waals surface area contributed by atoms with E-state index in [0.717, 1.165) is 31.6 Å². The zero-order valence-corrected chi connectivity index (χ0v) is 12.7. The zero-order valence-electron chi connectivity index (χ0n) is 12.0. The van der Waals surface area contributed by atoms with Crippen molar-refractivity contribution < 1.29 is 9.72 Å². The summed E-state index contributed by atoms with van der Waals surface area (Å²) < 4.78 is 0. The SMILES string of the molecule is CCC1CCC(NC(=O)c2cccc(Cl)c2[N+](=O)[O-])CC1. The summed E-state index contributed by atoms with van der Waals surface area (Å²) in [4.78, 5) is 22.7. The number of para-hydroxylation sites is 1. The Balaban J connectivity index is 2.08. The number of amides is 1. The van der Waals surface area contributed by atoms with Crippen molar-refractivity contribution in [3.8, 4) is 0 Å². The average Bonchev–Trinajstić information content (AvgIpc) is 2.47. The Kier molecular flexibility index (Phi) is 5.17. The van der Waals surface area contributed by atoms with Gasteiger partial charge in [0.25, 0.3) is 5.91 Å². The summed E-state index contributed by atoms with van der Waals surface area (Å²) >= 11 is 5.83. The Morgan fingerprint density at radius 1 is 1.38 bits per heavy atom. The van der Waals surface area contributed by atoms with E-state index in [1.807, 2.05) is 0 Å². The standard InChI is InChI=1S/C15H19ClN2O3/c1-2-10-6-8-11(9-7-10)17-15(19)12-4-3-5-13(16)14(12)18(20)21/h3-5,10-11H,2,6-9H2,1H3,(H,17,19). The van der Waals surface area contributed by atoms with E-state index in [1.165, 1.54) is 18.6 Å². The van der Waals surface area contributed by atoms with Crippen LogP contribution in [-0.2, 0) is 0 Å². The summed E-state index contributed by atoms with van der Waals surface area (Å²) in [6, 6.07) is 4.51. The summed E-state index contributed by atoms with van der Waals surface area (Å²) in [6.07, 6.45) is 5.22. The van der Waals surface area contributed by atoms with E-state index in [2.05, 4.69) is 12.2 Å². The molecule has 5 nitrogen and oxygen atoms in total. The van der Waals surface area contributed by atoms with Crippen LogP contribution in [0.5, 0.6) is 0 Å². The maximum atomic E-state index is 12.3. The maximum Gasteiger partial charge on any atom is 0.300 e. The lowest BCUT2D eigenvalue weighted by Crippen LogP contribution is -2.37. The van der Waals surface area contributed by atoms with Crippen LogP contribution in [0.15, 0.2) is 18.2 Å². The third kappa shape index (κ3) is 3.73. The molecule has 0 unspecified atom stereocenters. The molecule has 1 N–H and O–H groups in total. The molecule has 0 radical (unpaired) electrons. The smallest absolute Gasteiger partial charge is 0.300 e. The van der Waals surface area contributed by atoms with Gasteiger partial charge in [0.15, 0.2) is 0 Å². The molecule has 0 atom stereocenters. The second-order valence-corrected chi connectivity index (χ2v) is 5.90. The van der Waals surface area contributed by atoms with Gasteiger partial charge in [-0.3, -0.25) is 14.9 Å². The van der Waals surface area contributed by atoms with Crippen molar-refractivity contribution in [2.45, 2.75) is 45.1 Å². The number of halogens is 1. The minimum atomic E-state index is -0.606. The van der Waals surface area contributed by atoms with Gasteiger partial charge in [0.2, 0.25) is 0 Å². The molecule has 0 heterocycles. The molecule has 1 aliphatic rings. The molecule has 1 saturated carbocycles. The Labute approximate surface area is 128 Å². The van der Waals surface area contributed by atoms with Crippen molar-refractivity contribution in [2.24, 2.45) is 5.92 Å². The van der Waals surface area contributed by atoms with E-state index in [9.17, 15) is 14.9 Å². The van der Waals surface area contributed by atoms with Gasteiger partial charge in [-0.2, -0.15) is 0 Å². The molecule has 1 amide bonds. The van der Waals surface area contributed by atoms with Crippen LogP contribution in [0.25, 0.3) is 0 Å². The average molecular weight is 311 g/mol. The van der Waals surface area contributed by atoms with E-state index in [4.69, 9.17) is 11.6 Å². The van der Waals surface area contributed by atoms with Gasteiger partial charge in [0.1, 0.15) is 10.6 Å². The number of nitrogens with one attached hydrogen (secondary N) is 1. The van der Waals surface area contributed by atoms with Gasteiger partial charge in [-0.15, -0.1) is 0 Å². The van der Waals surface area contributed by atoms with E-state index < -0.39 is 10.8 Å². The molecule has 1 aromatic rings. The highest BCUT2D eigenvalue weighted by molar-refractivity contribution is 6.33. The Bertz CT molecular complexity index is 540. The van der Waals surface area contributed by atoms with E-state index in [-0.39, 0.29) is 22.3 Å². The fourth-order valence-electron chi connectivity index (χ4n) is 2.86. The van der Waals surface area contributed by atoms with Gasteiger partial charge in [0, 0.05) is 6.04 Å². The third-order valence-electron chi connectivity index (χ3n) is 4.17. The monoisotopic (exact) mass is 310 g/mol. The largest absolute Gasteiger partial charge is 0.349 e. The van der Waals surface area contributed by atoms with Crippen LogP contribution in [0.3, 0.4) is 0 Å². The van der Waals surface area contributed by atoms with Crippen LogP contribution in [0.4, 0.5) is 5.69 Å². The topological polar surface area (TPSA) is 72.2 Å². The highest BCUT2D eigenvalue weighted by Crippen LogP contribution is 2.30. The molecule has 0 saturated heterocycles. The molecular weight excluding hydrogens is 292 g/mol. The third-order valence-corrected chi connectivity index (χ3v) is 4.48. The Morgan fingerprint density at radius 3 is 2.62 bits per heavy atom. The predicted molar refractivity (Wildman–Crippen MR) is 81.6 cm³/mol. The first-order valence-corrected chi connectivity index (χ1v) is 7.64. The summed E-state index contributed by atoms with van der Waals surface area (Å²) in [6.45, 7) is 2.18. The molecule has 0 aromatic heterocycles. The second-order valence-electron chi connectivity index (χ2n) is 5.49. The normalized spacial score (nSPS) is 21.8. The van der Waals surface area contributed by atoms with Crippen LogP contribution in [0, 0.1) is 16.0 Å². The molecule has 114 valence electrons. The first-order valence-electron chi connectivity index (χ1n) is 7.26. The number of nitro groups is 1. The van der Waals surface area contributed by atoms with Crippen LogP contribution >= 0.6 is 11.6 Å². The van der Waals surface area contributed by atoms with Gasteiger partial charge in [0.05, 0.1) is 4.92 Å². The number of benzene rings is 1. The summed E-state index contributed by atoms with van der Waals surface area (Å²) in [7, 11) is 0. The van der Waals surface area contributed by atoms with Crippen molar-refractivity contribution in [3.05, 3.63) is 38.9 Å². The number of nitrogens with zero attached hydrogens (tertiary/aromatic N) is 1. The van der Waals surface area contributed by atoms with Crippen molar-refractivity contribution in [1.82, 2.24) is 5.32 Å². The maximum absolute atomic E-state index is 12.3. The molecule has 1 aliphatic carbocycles. The van der Waals surface area contributed by atoms with Crippen molar-refractivity contribution in [2.75, 3.05) is 0 Å². The number of nitro benzene ring substituents is 1. The lowest BCUT2D eigenvalue weighted by atomic mass is 9.84. The van der Waals surface area contributed by atoms with Gasteiger partial charge < -0.3 is 5.32 Å². The highest BCUT2D eigenvalue weighted by Gasteiger charge is 2.27. The fraction of sp³-hybridized carbons (Fsp3) is 0.533. The van der Waals surface area contributed by atoms with Gasteiger partial charge in [-0.25, -0.2) is 0 Å². The first kappa shape index (κ1) is 15.8. The molecule has 21 heavy (non-hydrogen) atoms.